The number of carbonyl (C=O) groups is 1. The SMILES string of the molecule is Cc1[nH]cnc1COC(=O)CCS. The molecule has 0 aliphatic carbocycles. The van der Waals surface area contributed by atoms with E-state index < -0.39 is 0 Å². The molecule has 0 bridgehead atoms. The van der Waals surface area contributed by atoms with Gasteiger partial charge in [0.25, 0.3) is 0 Å². The van der Waals surface area contributed by atoms with Crippen LogP contribution in [0.1, 0.15) is 17.8 Å². The zero-order valence-electron chi connectivity index (χ0n) is 7.41. The third kappa shape index (κ3) is 3.10. The number of rotatable bonds is 4. The van der Waals surface area contributed by atoms with Crippen LogP contribution in [0.4, 0.5) is 0 Å². The smallest absolute Gasteiger partial charge is 0.307 e. The molecule has 1 aromatic rings. The molecule has 0 fully saturated rings. The summed E-state index contributed by atoms with van der Waals surface area (Å²) in [6.07, 6.45) is 1.92. The van der Waals surface area contributed by atoms with E-state index in [2.05, 4.69) is 22.6 Å². The molecule has 0 unspecified atom stereocenters. The number of hydrogen-bond donors (Lipinski definition) is 2. The van der Waals surface area contributed by atoms with Gasteiger partial charge in [0.1, 0.15) is 6.61 Å². The molecule has 0 saturated carbocycles. The minimum atomic E-state index is -0.239. The van der Waals surface area contributed by atoms with Gasteiger partial charge >= 0.3 is 5.97 Å². The highest BCUT2D eigenvalue weighted by atomic mass is 32.1. The molecule has 5 heteroatoms. The fraction of sp³-hybridized carbons (Fsp3) is 0.500. The van der Waals surface area contributed by atoms with E-state index >= 15 is 0 Å². The first-order valence-electron chi connectivity index (χ1n) is 3.99. The van der Waals surface area contributed by atoms with E-state index in [1.807, 2.05) is 6.92 Å². The molecular formula is C8H12N2O2S. The van der Waals surface area contributed by atoms with Crippen molar-refractivity contribution in [3.63, 3.8) is 0 Å². The van der Waals surface area contributed by atoms with Crippen molar-refractivity contribution < 1.29 is 9.53 Å². The van der Waals surface area contributed by atoms with Crippen molar-refractivity contribution in [1.29, 1.82) is 0 Å². The van der Waals surface area contributed by atoms with Crippen LogP contribution in [0.25, 0.3) is 0 Å². The van der Waals surface area contributed by atoms with Gasteiger partial charge in [0.15, 0.2) is 0 Å². The van der Waals surface area contributed by atoms with E-state index in [9.17, 15) is 4.79 Å². The van der Waals surface area contributed by atoms with Crippen LogP contribution in [0.5, 0.6) is 0 Å². The van der Waals surface area contributed by atoms with Crippen LogP contribution < -0.4 is 0 Å². The standard InChI is InChI=1S/C8H12N2O2S/c1-6-7(10-5-9-6)4-12-8(11)2-3-13/h5,13H,2-4H2,1H3,(H,9,10). The van der Waals surface area contributed by atoms with E-state index in [0.717, 1.165) is 11.4 Å². The van der Waals surface area contributed by atoms with Crippen molar-refractivity contribution in [1.82, 2.24) is 9.97 Å². The van der Waals surface area contributed by atoms with Gasteiger partial charge in [-0.1, -0.05) is 0 Å². The summed E-state index contributed by atoms with van der Waals surface area (Å²) >= 11 is 3.93. The van der Waals surface area contributed by atoms with Crippen LogP contribution in [-0.2, 0) is 16.1 Å². The highest BCUT2D eigenvalue weighted by Gasteiger charge is 2.05. The van der Waals surface area contributed by atoms with Gasteiger partial charge in [-0.25, -0.2) is 4.98 Å². The number of carbonyl (C=O) groups excluding carboxylic acids is 1. The Kier molecular flexibility index (Phi) is 3.82. The lowest BCUT2D eigenvalue weighted by Gasteiger charge is -2.01. The molecule has 0 atom stereocenters. The summed E-state index contributed by atoms with van der Waals surface area (Å²) in [5.41, 5.74) is 1.70. The van der Waals surface area contributed by atoms with Crippen LogP contribution in [-0.4, -0.2) is 21.7 Å². The fourth-order valence-electron chi connectivity index (χ4n) is 0.845. The molecule has 1 rings (SSSR count). The Hall–Kier alpha value is -0.970. The van der Waals surface area contributed by atoms with Crippen molar-refractivity contribution in [3.05, 3.63) is 17.7 Å². The van der Waals surface area contributed by atoms with Crippen molar-refractivity contribution in [2.45, 2.75) is 20.0 Å². The van der Waals surface area contributed by atoms with Crippen molar-refractivity contribution in [2.75, 3.05) is 5.75 Å². The van der Waals surface area contributed by atoms with Crippen molar-refractivity contribution >= 4 is 18.6 Å². The summed E-state index contributed by atoms with van der Waals surface area (Å²) in [6, 6.07) is 0. The van der Waals surface area contributed by atoms with Crippen LogP contribution in [0.2, 0.25) is 0 Å². The first kappa shape index (κ1) is 10.1. The van der Waals surface area contributed by atoms with Gasteiger partial charge in [-0.3, -0.25) is 4.79 Å². The summed E-state index contributed by atoms with van der Waals surface area (Å²) in [5, 5.41) is 0. The van der Waals surface area contributed by atoms with Gasteiger partial charge in [0, 0.05) is 11.4 Å². The Morgan fingerprint density at radius 1 is 1.77 bits per heavy atom. The molecule has 1 heterocycles. The second kappa shape index (κ2) is 4.91. The number of ether oxygens (including phenoxy) is 1. The third-order valence-electron chi connectivity index (χ3n) is 1.62. The first-order chi connectivity index (χ1) is 6.24. The normalized spacial score (nSPS) is 10.0. The molecule has 0 spiro atoms. The Morgan fingerprint density at radius 3 is 3.08 bits per heavy atom. The lowest BCUT2D eigenvalue weighted by atomic mass is 10.4. The number of aromatic nitrogens is 2. The highest BCUT2D eigenvalue weighted by molar-refractivity contribution is 7.80. The average Bonchev–Trinajstić information content (AvgIpc) is 2.48. The topological polar surface area (TPSA) is 55.0 Å². The Morgan fingerprint density at radius 2 is 2.54 bits per heavy atom. The van der Waals surface area contributed by atoms with Crippen LogP contribution in [0, 0.1) is 6.92 Å². The Balaban J connectivity index is 2.35. The number of aromatic amines is 1. The molecular weight excluding hydrogens is 188 g/mol. The highest BCUT2D eigenvalue weighted by Crippen LogP contribution is 2.03. The lowest BCUT2D eigenvalue weighted by Crippen LogP contribution is -2.05. The third-order valence-corrected chi connectivity index (χ3v) is 1.84. The molecule has 0 aliphatic rings. The maximum atomic E-state index is 10.9. The maximum absolute atomic E-state index is 10.9. The number of hydrogen-bond acceptors (Lipinski definition) is 4. The van der Waals surface area contributed by atoms with Gasteiger partial charge in [-0.05, 0) is 6.92 Å². The number of aryl methyl sites for hydroxylation is 1. The second-order valence-electron chi connectivity index (χ2n) is 2.61. The second-order valence-corrected chi connectivity index (χ2v) is 3.06. The Bertz CT molecular complexity index is 285. The maximum Gasteiger partial charge on any atom is 0.307 e. The summed E-state index contributed by atoms with van der Waals surface area (Å²) < 4.78 is 4.94. The van der Waals surface area contributed by atoms with E-state index in [4.69, 9.17) is 4.74 Å². The minimum absolute atomic E-state index is 0.238. The molecule has 0 amide bonds. The van der Waals surface area contributed by atoms with Gasteiger partial charge in [0.2, 0.25) is 0 Å². The number of nitrogens with one attached hydrogen (secondary N) is 1. The molecule has 1 N–H and O–H groups in total. The monoisotopic (exact) mass is 200 g/mol. The molecule has 0 saturated heterocycles. The quantitative estimate of drug-likeness (QED) is 0.565. The first-order valence-corrected chi connectivity index (χ1v) is 4.62. The van der Waals surface area contributed by atoms with E-state index in [-0.39, 0.29) is 12.6 Å². The van der Waals surface area contributed by atoms with Gasteiger partial charge in [-0.2, -0.15) is 12.6 Å². The number of thiol groups is 1. The number of imidazole rings is 1. The number of nitrogens with zero attached hydrogens (tertiary/aromatic N) is 1. The molecule has 13 heavy (non-hydrogen) atoms. The summed E-state index contributed by atoms with van der Waals surface area (Å²) in [4.78, 5) is 17.8. The molecule has 0 aliphatic heterocycles. The largest absolute Gasteiger partial charge is 0.459 e. The zero-order valence-corrected chi connectivity index (χ0v) is 8.30. The summed E-state index contributed by atoms with van der Waals surface area (Å²) in [6.45, 7) is 2.12. The van der Waals surface area contributed by atoms with Crippen molar-refractivity contribution in [3.8, 4) is 0 Å². The van der Waals surface area contributed by atoms with Gasteiger partial charge in [-0.15, -0.1) is 0 Å². The molecule has 0 aromatic carbocycles. The molecule has 1 aromatic heterocycles. The fourth-order valence-corrected chi connectivity index (χ4v) is 1.03. The molecule has 4 nitrogen and oxygen atoms in total. The van der Waals surface area contributed by atoms with Crippen LogP contribution in [0.3, 0.4) is 0 Å². The molecule has 72 valence electrons. The zero-order chi connectivity index (χ0) is 9.68. The van der Waals surface area contributed by atoms with Crippen molar-refractivity contribution in [2.24, 2.45) is 0 Å². The van der Waals surface area contributed by atoms with Gasteiger partial charge < -0.3 is 9.72 Å². The van der Waals surface area contributed by atoms with Crippen LogP contribution >= 0.6 is 12.6 Å². The average molecular weight is 200 g/mol. The Labute approximate surface area is 82.1 Å². The number of H-pyrrole nitrogens is 1. The molecule has 0 radical (unpaired) electrons. The van der Waals surface area contributed by atoms with E-state index in [1.165, 1.54) is 0 Å². The van der Waals surface area contributed by atoms with Gasteiger partial charge in [0.05, 0.1) is 18.4 Å². The van der Waals surface area contributed by atoms with E-state index in [1.54, 1.807) is 6.33 Å². The predicted octanol–water partition coefficient (Wildman–Crippen LogP) is 1.08. The van der Waals surface area contributed by atoms with E-state index in [0.29, 0.717) is 12.2 Å². The minimum Gasteiger partial charge on any atom is -0.459 e. The number of esters is 1. The summed E-state index contributed by atoms with van der Waals surface area (Å²) in [5.74, 6) is 0.274. The van der Waals surface area contributed by atoms with Crippen LogP contribution in [0.15, 0.2) is 6.33 Å². The predicted molar refractivity (Wildman–Crippen MR) is 51.6 cm³/mol. The summed E-state index contributed by atoms with van der Waals surface area (Å²) in [7, 11) is 0. The lowest BCUT2D eigenvalue weighted by molar-refractivity contribution is -0.144.